The molecule has 0 saturated carbocycles. The minimum Gasteiger partial charge on any atom is -0.348 e. The Labute approximate surface area is 188 Å². The molecule has 5 rings (SSSR count). The van der Waals surface area contributed by atoms with Gasteiger partial charge in [-0.15, -0.1) is 0 Å². The number of nitrogens with zero attached hydrogens (tertiary/aromatic N) is 2. The van der Waals surface area contributed by atoms with Crippen molar-refractivity contribution in [2.24, 2.45) is 0 Å². The van der Waals surface area contributed by atoms with Crippen LogP contribution in [-0.4, -0.2) is 27.0 Å². The van der Waals surface area contributed by atoms with E-state index in [1.165, 1.54) is 6.08 Å². The molecule has 1 aliphatic heterocycles. The minimum atomic E-state index is -0.821. The Kier molecular flexibility index (Phi) is 5.10. The number of imide groups is 2. The first kappa shape index (κ1) is 20.4. The monoisotopic (exact) mass is 440 g/mol. The number of aromatic nitrogens is 2. The number of rotatable bonds is 5. The van der Waals surface area contributed by atoms with Crippen molar-refractivity contribution in [3.8, 4) is 0 Å². The molecule has 2 N–H and O–H groups in total. The summed E-state index contributed by atoms with van der Waals surface area (Å²) in [5, 5.41) is 5.53. The number of hydrogen-bond donors (Lipinski definition) is 2. The summed E-state index contributed by atoms with van der Waals surface area (Å²) in [5.41, 5.74) is 2.36. The summed E-state index contributed by atoms with van der Waals surface area (Å²) in [6.45, 7) is 1.30. The molecule has 1 fully saturated rings. The van der Waals surface area contributed by atoms with E-state index >= 15 is 0 Å². The lowest BCUT2D eigenvalue weighted by Gasteiger charge is -2.16. The number of nitrogens with one attached hydrogen (secondary N) is 2. The predicted molar refractivity (Wildman–Crippen MR) is 124 cm³/mol. The van der Waals surface area contributed by atoms with Crippen LogP contribution in [0.4, 0.5) is 4.79 Å². The molecule has 4 aromatic rings. The zero-order valence-electron chi connectivity index (χ0n) is 17.6. The van der Waals surface area contributed by atoms with Gasteiger partial charge in [0, 0.05) is 35.8 Å². The smallest absolute Gasteiger partial charge is 0.328 e. The molecule has 3 heterocycles. The van der Waals surface area contributed by atoms with E-state index in [4.69, 9.17) is 0 Å². The molecule has 0 radical (unpaired) electrons. The number of urea groups is 1. The number of barbiturate groups is 1. The highest BCUT2D eigenvalue weighted by molar-refractivity contribution is 6.31. The number of aryl methyl sites for hydroxylation is 2. The Morgan fingerprint density at radius 2 is 1.33 bits per heavy atom. The van der Waals surface area contributed by atoms with Crippen molar-refractivity contribution in [3.05, 3.63) is 88.4 Å². The fraction of sp³-hybridized carbons (Fsp3) is 0.120. The van der Waals surface area contributed by atoms with Crippen molar-refractivity contribution in [3.63, 3.8) is 0 Å². The molecule has 2 aromatic carbocycles. The topological polar surface area (TPSA) is 102 Å². The molecule has 0 atom stereocenters. The molecule has 0 bridgehead atoms. The lowest BCUT2D eigenvalue weighted by atomic mass is 10.1. The average Bonchev–Trinajstić information content (AvgIpc) is 3.25. The minimum absolute atomic E-state index is 0.0271. The molecule has 33 heavy (non-hydrogen) atoms. The molecule has 1 saturated heterocycles. The largest absolute Gasteiger partial charge is 0.348 e. The summed E-state index contributed by atoms with van der Waals surface area (Å²) < 4.78 is 4.10. The van der Waals surface area contributed by atoms with Crippen LogP contribution in [-0.2, 0) is 22.7 Å². The maximum Gasteiger partial charge on any atom is 0.328 e. The van der Waals surface area contributed by atoms with Gasteiger partial charge in [-0.1, -0.05) is 24.3 Å². The molecule has 0 unspecified atom stereocenters. The van der Waals surface area contributed by atoms with Crippen LogP contribution in [0.3, 0.4) is 0 Å². The number of carbonyl (C=O) groups is 3. The molecule has 1 aliphatic rings. The van der Waals surface area contributed by atoms with Crippen LogP contribution in [0.1, 0.15) is 12.1 Å². The quantitative estimate of drug-likeness (QED) is 0.283. The van der Waals surface area contributed by atoms with Crippen LogP contribution in [0, 0.1) is 0 Å². The third-order valence-corrected chi connectivity index (χ3v) is 5.76. The molecule has 0 spiro atoms. The van der Waals surface area contributed by atoms with E-state index in [1.807, 2.05) is 65.4 Å². The molecule has 8 nitrogen and oxygen atoms in total. The number of para-hydroxylation sites is 2. The van der Waals surface area contributed by atoms with Gasteiger partial charge in [0.15, 0.2) is 5.43 Å². The highest BCUT2D eigenvalue weighted by Crippen LogP contribution is 2.20. The third kappa shape index (κ3) is 3.71. The zero-order valence-corrected chi connectivity index (χ0v) is 17.6. The van der Waals surface area contributed by atoms with Crippen LogP contribution in [0.5, 0.6) is 0 Å². The van der Waals surface area contributed by atoms with Crippen LogP contribution >= 0.6 is 0 Å². The average molecular weight is 440 g/mol. The fourth-order valence-corrected chi connectivity index (χ4v) is 4.23. The van der Waals surface area contributed by atoms with Crippen molar-refractivity contribution in [1.82, 2.24) is 19.8 Å². The van der Waals surface area contributed by atoms with Gasteiger partial charge in [0.1, 0.15) is 5.57 Å². The van der Waals surface area contributed by atoms with Crippen molar-refractivity contribution in [2.45, 2.75) is 19.5 Å². The second-order valence-electron chi connectivity index (χ2n) is 7.79. The van der Waals surface area contributed by atoms with E-state index in [9.17, 15) is 19.2 Å². The van der Waals surface area contributed by atoms with Gasteiger partial charge >= 0.3 is 6.03 Å². The zero-order chi connectivity index (χ0) is 22.9. The number of hydrogen-bond acceptors (Lipinski definition) is 4. The van der Waals surface area contributed by atoms with E-state index in [2.05, 4.69) is 15.2 Å². The Morgan fingerprint density at radius 3 is 1.97 bits per heavy atom. The molecule has 8 heteroatoms. The second kappa shape index (κ2) is 8.23. The van der Waals surface area contributed by atoms with E-state index in [0.29, 0.717) is 29.6 Å². The number of amides is 4. The van der Waals surface area contributed by atoms with Gasteiger partial charge in [0.25, 0.3) is 11.8 Å². The van der Waals surface area contributed by atoms with Gasteiger partial charge in [0.05, 0.1) is 11.0 Å². The van der Waals surface area contributed by atoms with Crippen LogP contribution in [0.2, 0.25) is 0 Å². The van der Waals surface area contributed by atoms with Gasteiger partial charge in [-0.25, -0.2) is 4.79 Å². The molecule has 2 aromatic heterocycles. The highest BCUT2D eigenvalue weighted by Gasteiger charge is 2.27. The standard InChI is InChI=1S/C25H20N4O4/c30-22-17-8-1-3-10-20(17)29(21-11-4-2-9-18(21)22)14-6-13-28-12-5-7-16(28)15-19-23(31)26-25(33)27-24(19)32/h1-5,7-12,15H,6,13-14H2,(H2,26,27,31,32,33). The van der Waals surface area contributed by atoms with Crippen molar-refractivity contribution >= 4 is 45.7 Å². The maximum atomic E-state index is 12.9. The van der Waals surface area contributed by atoms with Gasteiger partial charge in [-0.05, 0) is 48.9 Å². The summed E-state index contributed by atoms with van der Waals surface area (Å²) in [6.07, 6.45) is 4.09. The van der Waals surface area contributed by atoms with Crippen LogP contribution in [0.25, 0.3) is 27.9 Å². The van der Waals surface area contributed by atoms with Crippen molar-refractivity contribution < 1.29 is 14.4 Å². The highest BCUT2D eigenvalue weighted by atomic mass is 16.2. The predicted octanol–water partition coefficient (Wildman–Crippen LogP) is 2.80. The first-order valence-corrected chi connectivity index (χ1v) is 10.6. The van der Waals surface area contributed by atoms with Crippen molar-refractivity contribution in [2.75, 3.05) is 0 Å². The summed E-state index contributed by atoms with van der Waals surface area (Å²) in [5.74, 6) is -1.44. The van der Waals surface area contributed by atoms with Crippen LogP contribution < -0.4 is 16.1 Å². The van der Waals surface area contributed by atoms with Crippen molar-refractivity contribution in [1.29, 1.82) is 0 Å². The van der Waals surface area contributed by atoms with Gasteiger partial charge < -0.3 is 9.13 Å². The number of benzene rings is 2. The summed E-state index contributed by atoms with van der Waals surface area (Å²) in [7, 11) is 0. The Morgan fingerprint density at radius 1 is 0.727 bits per heavy atom. The van der Waals surface area contributed by atoms with Crippen LogP contribution in [0.15, 0.2) is 77.2 Å². The Bertz CT molecular complexity index is 1440. The van der Waals surface area contributed by atoms with E-state index in [0.717, 1.165) is 17.5 Å². The van der Waals surface area contributed by atoms with E-state index < -0.39 is 17.8 Å². The number of carbonyl (C=O) groups excluding carboxylic acids is 3. The first-order chi connectivity index (χ1) is 16.0. The number of fused-ring (bicyclic) bond motifs is 2. The Balaban J connectivity index is 1.42. The van der Waals surface area contributed by atoms with E-state index in [-0.39, 0.29) is 11.0 Å². The maximum absolute atomic E-state index is 12.9. The summed E-state index contributed by atoms with van der Waals surface area (Å²) in [4.78, 5) is 48.2. The van der Waals surface area contributed by atoms with E-state index in [1.54, 1.807) is 6.07 Å². The first-order valence-electron chi connectivity index (χ1n) is 10.6. The van der Waals surface area contributed by atoms with Gasteiger partial charge in [-0.3, -0.25) is 25.0 Å². The Hall–Kier alpha value is -4.46. The lowest BCUT2D eigenvalue weighted by molar-refractivity contribution is -0.123. The van der Waals surface area contributed by atoms with Gasteiger partial charge in [0.2, 0.25) is 0 Å². The lowest BCUT2D eigenvalue weighted by Crippen LogP contribution is -2.51. The second-order valence-corrected chi connectivity index (χ2v) is 7.79. The molecule has 164 valence electrons. The fourth-order valence-electron chi connectivity index (χ4n) is 4.23. The third-order valence-electron chi connectivity index (χ3n) is 5.76. The number of pyridine rings is 1. The molecular formula is C25H20N4O4. The molecule has 4 amide bonds. The molecular weight excluding hydrogens is 420 g/mol. The normalized spacial score (nSPS) is 13.9. The summed E-state index contributed by atoms with van der Waals surface area (Å²) >= 11 is 0. The summed E-state index contributed by atoms with van der Waals surface area (Å²) in [6, 6.07) is 18.0. The molecule has 0 aliphatic carbocycles. The SMILES string of the molecule is O=C1NC(=O)C(=Cc2cccn2CCCn2c3ccccc3c(=O)c3ccccc32)C(=O)N1. The van der Waals surface area contributed by atoms with Gasteiger partial charge in [-0.2, -0.15) is 0 Å².